The quantitative estimate of drug-likeness (QED) is 0.664. The second-order valence-electron chi connectivity index (χ2n) is 3.45. The minimum Gasteiger partial charge on any atom is -0.468 e. The minimum absolute atomic E-state index is 0.378. The van der Waals surface area contributed by atoms with Crippen LogP contribution in [0.15, 0.2) is 24.3 Å². The minimum atomic E-state index is -0.809. The number of nitrogens with one attached hydrogen (secondary N) is 1. The Bertz CT molecular complexity index is 420. The summed E-state index contributed by atoms with van der Waals surface area (Å²) in [4.78, 5) is 23.2. The Morgan fingerprint density at radius 3 is 2.59 bits per heavy atom. The normalized spacial score (nSPS) is 11.7. The Morgan fingerprint density at radius 2 is 2.06 bits per heavy atom. The monoisotopic (exact) mass is 255 g/mol. The molecule has 5 heteroatoms. The molecule has 0 saturated carbocycles. The zero-order valence-electron chi connectivity index (χ0n) is 9.70. The van der Waals surface area contributed by atoms with Crippen molar-refractivity contribution in [1.82, 2.24) is 0 Å². The molecule has 0 aromatic heterocycles. The standard InChI is InChI=1S/C12H14ClNO3/c1-3-8(12(16)17-2)11(15)14-10-7-5-4-6-9(10)13/h4-8H,3H2,1-2H3,(H,14,15). The zero-order chi connectivity index (χ0) is 12.8. The van der Waals surface area contributed by atoms with Crippen LogP contribution in [0.5, 0.6) is 0 Å². The molecule has 0 aliphatic rings. The molecule has 1 N–H and O–H groups in total. The average molecular weight is 256 g/mol. The van der Waals surface area contributed by atoms with Gasteiger partial charge in [-0.15, -0.1) is 0 Å². The van der Waals surface area contributed by atoms with Gasteiger partial charge in [-0.2, -0.15) is 0 Å². The SMILES string of the molecule is CCC(C(=O)Nc1ccccc1Cl)C(=O)OC. The third-order valence-electron chi connectivity index (χ3n) is 2.34. The van der Waals surface area contributed by atoms with Crippen LogP contribution >= 0.6 is 11.6 Å². The highest BCUT2D eigenvalue weighted by Gasteiger charge is 2.25. The van der Waals surface area contributed by atoms with Crippen LogP contribution in [-0.2, 0) is 14.3 Å². The van der Waals surface area contributed by atoms with Gasteiger partial charge < -0.3 is 10.1 Å². The first kappa shape index (κ1) is 13.5. The lowest BCUT2D eigenvalue weighted by Gasteiger charge is -2.13. The fraction of sp³-hybridized carbons (Fsp3) is 0.333. The zero-order valence-corrected chi connectivity index (χ0v) is 10.5. The lowest BCUT2D eigenvalue weighted by molar-refractivity contribution is -0.148. The van der Waals surface area contributed by atoms with E-state index in [9.17, 15) is 9.59 Å². The summed E-state index contributed by atoms with van der Waals surface area (Å²) >= 11 is 5.90. The number of methoxy groups -OCH3 is 1. The molecule has 1 unspecified atom stereocenters. The van der Waals surface area contributed by atoms with E-state index in [4.69, 9.17) is 11.6 Å². The predicted molar refractivity (Wildman–Crippen MR) is 65.9 cm³/mol. The van der Waals surface area contributed by atoms with Gasteiger partial charge in [0.25, 0.3) is 0 Å². The number of hydrogen-bond donors (Lipinski definition) is 1. The molecular formula is C12H14ClNO3. The molecule has 0 aliphatic heterocycles. The molecule has 0 heterocycles. The molecule has 0 spiro atoms. The van der Waals surface area contributed by atoms with Gasteiger partial charge >= 0.3 is 5.97 Å². The topological polar surface area (TPSA) is 55.4 Å². The summed E-state index contributed by atoms with van der Waals surface area (Å²) in [5.41, 5.74) is 0.488. The van der Waals surface area contributed by atoms with Gasteiger partial charge in [0.1, 0.15) is 5.92 Å². The van der Waals surface area contributed by atoms with Gasteiger partial charge in [0.05, 0.1) is 17.8 Å². The van der Waals surface area contributed by atoms with E-state index in [-0.39, 0.29) is 0 Å². The smallest absolute Gasteiger partial charge is 0.318 e. The molecule has 92 valence electrons. The summed E-state index contributed by atoms with van der Waals surface area (Å²) in [5, 5.41) is 3.04. The summed E-state index contributed by atoms with van der Waals surface area (Å²) in [5.74, 6) is -1.76. The fourth-order valence-corrected chi connectivity index (χ4v) is 1.57. The number of carbonyl (C=O) groups excluding carboxylic acids is 2. The van der Waals surface area contributed by atoms with Gasteiger partial charge in [0.2, 0.25) is 5.91 Å². The number of hydrogen-bond acceptors (Lipinski definition) is 3. The molecule has 0 radical (unpaired) electrons. The van der Waals surface area contributed by atoms with Gasteiger partial charge in [-0.3, -0.25) is 9.59 Å². The fourth-order valence-electron chi connectivity index (χ4n) is 1.38. The third-order valence-corrected chi connectivity index (χ3v) is 2.67. The largest absolute Gasteiger partial charge is 0.468 e. The molecule has 1 aromatic carbocycles. The van der Waals surface area contributed by atoms with Crippen LogP contribution < -0.4 is 5.32 Å². The van der Waals surface area contributed by atoms with Crippen LogP contribution in [0.25, 0.3) is 0 Å². The van der Waals surface area contributed by atoms with Crippen LogP contribution in [0.1, 0.15) is 13.3 Å². The Labute approximate surface area is 105 Å². The lowest BCUT2D eigenvalue weighted by Crippen LogP contribution is -2.30. The summed E-state index contributed by atoms with van der Waals surface area (Å²) in [6.45, 7) is 1.74. The Kier molecular flexibility index (Phi) is 4.97. The first-order chi connectivity index (χ1) is 8.10. The highest BCUT2D eigenvalue weighted by molar-refractivity contribution is 6.33. The number of amides is 1. The lowest BCUT2D eigenvalue weighted by atomic mass is 10.1. The van der Waals surface area contributed by atoms with Gasteiger partial charge in [0.15, 0.2) is 0 Å². The van der Waals surface area contributed by atoms with Gasteiger partial charge in [-0.05, 0) is 18.6 Å². The first-order valence-electron chi connectivity index (χ1n) is 5.23. The van der Waals surface area contributed by atoms with E-state index < -0.39 is 17.8 Å². The second kappa shape index (κ2) is 6.25. The maximum absolute atomic E-state index is 11.8. The second-order valence-corrected chi connectivity index (χ2v) is 3.86. The van der Waals surface area contributed by atoms with Gasteiger partial charge in [-0.1, -0.05) is 30.7 Å². The Hall–Kier alpha value is -1.55. The van der Waals surface area contributed by atoms with Crippen LogP contribution in [0.2, 0.25) is 5.02 Å². The third kappa shape index (κ3) is 3.46. The molecule has 4 nitrogen and oxygen atoms in total. The molecule has 1 amide bonds. The summed E-state index contributed by atoms with van der Waals surface area (Å²) < 4.78 is 4.56. The van der Waals surface area contributed by atoms with Crippen LogP contribution in [0.4, 0.5) is 5.69 Å². The van der Waals surface area contributed by atoms with Crippen LogP contribution in [-0.4, -0.2) is 19.0 Å². The number of rotatable bonds is 4. The van der Waals surface area contributed by atoms with E-state index in [1.165, 1.54) is 7.11 Å². The molecule has 0 aliphatic carbocycles. The van der Waals surface area contributed by atoms with Crippen LogP contribution in [0, 0.1) is 5.92 Å². The molecule has 0 saturated heterocycles. The van der Waals surface area contributed by atoms with Crippen molar-refractivity contribution in [3.8, 4) is 0 Å². The van der Waals surface area contributed by atoms with E-state index in [0.717, 1.165) is 0 Å². The number of benzene rings is 1. The molecular weight excluding hydrogens is 242 g/mol. The highest BCUT2D eigenvalue weighted by Crippen LogP contribution is 2.21. The van der Waals surface area contributed by atoms with E-state index in [2.05, 4.69) is 10.1 Å². The first-order valence-corrected chi connectivity index (χ1v) is 5.61. The van der Waals surface area contributed by atoms with Crippen molar-refractivity contribution in [1.29, 1.82) is 0 Å². The molecule has 1 atom stereocenters. The number of esters is 1. The maximum Gasteiger partial charge on any atom is 0.318 e. The van der Waals surface area contributed by atoms with Crippen molar-refractivity contribution < 1.29 is 14.3 Å². The molecule has 17 heavy (non-hydrogen) atoms. The van der Waals surface area contributed by atoms with E-state index in [0.29, 0.717) is 17.1 Å². The molecule has 0 fully saturated rings. The van der Waals surface area contributed by atoms with Gasteiger partial charge in [0, 0.05) is 0 Å². The molecule has 1 aromatic rings. The number of carbonyl (C=O) groups is 2. The van der Waals surface area contributed by atoms with Crippen molar-refractivity contribution in [2.75, 3.05) is 12.4 Å². The highest BCUT2D eigenvalue weighted by atomic mass is 35.5. The van der Waals surface area contributed by atoms with Gasteiger partial charge in [-0.25, -0.2) is 0 Å². The van der Waals surface area contributed by atoms with Crippen molar-refractivity contribution in [3.63, 3.8) is 0 Å². The van der Waals surface area contributed by atoms with E-state index >= 15 is 0 Å². The predicted octanol–water partition coefficient (Wildman–Crippen LogP) is 2.48. The average Bonchev–Trinajstić information content (AvgIpc) is 2.32. The number of ether oxygens (including phenoxy) is 1. The number of anilines is 1. The molecule has 1 rings (SSSR count). The van der Waals surface area contributed by atoms with Crippen molar-refractivity contribution >= 4 is 29.2 Å². The summed E-state index contributed by atoms with van der Waals surface area (Å²) in [6, 6.07) is 6.84. The summed E-state index contributed by atoms with van der Waals surface area (Å²) in [7, 11) is 1.26. The van der Waals surface area contributed by atoms with E-state index in [1.54, 1.807) is 31.2 Å². The maximum atomic E-state index is 11.8. The van der Waals surface area contributed by atoms with Crippen molar-refractivity contribution in [3.05, 3.63) is 29.3 Å². The van der Waals surface area contributed by atoms with Crippen molar-refractivity contribution in [2.45, 2.75) is 13.3 Å². The van der Waals surface area contributed by atoms with Crippen LogP contribution in [0.3, 0.4) is 0 Å². The Morgan fingerprint density at radius 1 is 1.41 bits per heavy atom. The number of halogens is 1. The summed E-state index contributed by atoms with van der Waals surface area (Å²) in [6.07, 6.45) is 0.378. The van der Waals surface area contributed by atoms with Crippen molar-refractivity contribution in [2.24, 2.45) is 5.92 Å². The Balaban J connectivity index is 2.78. The molecule has 0 bridgehead atoms. The van der Waals surface area contributed by atoms with E-state index in [1.807, 2.05) is 0 Å². The number of para-hydroxylation sites is 1.